The van der Waals surface area contributed by atoms with E-state index in [0.29, 0.717) is 24.1 Å². The Morgan fingerprint density at radius 3 is 2.41 bits per heavy atom. The number of hydrogen-bond acceptors (Lipinski definition) is 4. The molecule has 3 aromatic rings. The molecule has 0 atom stereocenters. The van der Waals surface area contributed by atoms with Crippen molar-refractivity contribution in [2.45, 2.75) is 53.1 Å². The van der Waals surface area contributed by atoms with Crippen molar-refractivity contribution in [3.8, 4) is 6.19 Å². The number of aliphatic imine (C=N–C) groups is 1. The number of aryl methyl sites for hydroxylation is 2. The Morgan fingerprint density at radius 2 is 1.84 bits per heavy atom. The second kappa shape index (κ2) is 9.76. The Bertz CT molecular complexity index is 1190. The lowest BCUT2D eigenvalue weighted by molar-refractivity contribution is 0.331. The molecule has 9 heteroatoms. The molecule has 0 aliphatic rings. The summed E-state index contributed by atoms with van der Waals surface area (Å²) in [6, 6.07) is 5.38. The molecule has 3 aromatic heterocycles. The molecule has 0 unspecified atom stereocenters. The van der Waals surface area contributed by atoms with Gasteiger partial charge in [0, 0.05) is 36.8 Å². The van der Waals surface area contributed by atoms with Gasteiger partial charge in [0.25, 0.3) is 0 Å². The summed E-state index contributed by atoms with van der Waals surface area (Å²) in [6.07, 6.45) is 4.09. The van der Waals surface area contributed by atoms with Crippen LogP contribution in [-0.2, 0) is 13.6 Å². The van der Waals surface area contributed by atoms with E-state index in [4.69, 9.17) is 28.2 Å². The van der Waals surface area contributed by atoms with Gasteiger partial charge in [-0.2, -0.15) is 5.26 Å². The van der Waals surface area contributed by atoms with Crippen LogP contribution in [0.3, 0.4) is 0 Å². The number of guanidine groups is 1. The number of halogens is 2. The fourth-order valence-corrected chi connectivity index (χ4v) is 4.20. The van der Waals surface area contributed by atoms with Gasteiger partial charge in [0.05, 0.1) is 17.9 Å². The molecule has 168 valence electrons. The normalized spacial score (nSPS) is 12.0. The largest absolute Gasteiger partial charge is 0.335 e. The highest BCUT2D eigenvalue weighted by atomic mass is 35.5. The molecule has 3 heterocycles. The molecule has 0 saturated carbocycles. The van der Waals surface area contributed by atoms with Crippen molar-refractivity contribution < 1.29 is 0 Å². The number of pyridine rings is 2. The van der Waals surface area contributed by atoms with Gasteiger partial charge in [-0.3, -0.25) is 5.32 Å². The van der Waals surface area contributed by atoms with Crippen molar-refractivity contribution in [2.24, 2.45) is 12.0 Å². The number of aromatic nitrogens is 3. The predicted octanol–water partition coefficient (Wildman–Crippen LogP) is 5.68. The van der Waals surface area contributed by atoms with Crippen molar-refractivity contribution in [1.82, 2.24) is 24.8 Å². The van der Waals surface area contributed by atoms with Crippen LogP contribution in [0.1, 0.15) is 50.4 Å². The molecular weight excluding hydrogens is 445 g/mol. The fraction of sp³-hybridized carbons (Fsp3) is 0.391. The zero-order valence-electron chi connectivity index (χ0n) is 19.1. The zero-order valence-corrected chi connectivity index (χ0v) is 20.6. The summed E-state index contributed by atoms with van der Waals surface area (Å²) in [5, 5.41) is 13.7. The Labute approximate surface area is 198 Å². The molecule has 0 aliphatic carbocycles. The Morgan fingerprint density at radius 1 is 1.19 bits per heavy atom. The summed E-state index contributed by atoms with van der Waals surface area (Å²) in [6.45, 7) is 11.0. The Hall–Kier alpha value is -2.82. The highest BCUT2D eigenvalue weighted by molar-refractivity contribution is 6.32. The highest BCUT2D eigenvalue weighted by Gasteiger charge is 2.20. The summed E-state index contributed by atoms with van der Waals surface area (Å²) in [7, 11) is 2.01. The standard InChI is InChI=1S/C23H27Cl2N7/c1-13(2)18-7-17(28-22-21(18)15(5)10-31(22)6)11-32(14(3)4)23(27-12-26)29-16-8-19(24)30-20(25)9-16/h7-10,13-14H,11H2,1-6H3,(H,27,29,30). The number of fused-ring (bicyclic) bond motifs is 1. The third-order valence-corrected chi connectivity index (χ3v) is 5.59. The van der Waals surface area contributed by atoms with Crippen LogP contribution in [0.2, 0.25) is 10.3 Å². The van der Waals surface area contributed by atoms with E-state index in [1.165, 1.54) is 16.5 Å². The number of nitriles is 1. The van der Waals surface area contributed by atoms with Gasteiger partial charge in [0.1, 0.15) is 16.0 Å². The van der Waals surface area contributed by atoms with Gasteiger partial charge in [-0.15, -0.1) is 0 Å². The van der Waals surface area contributed by atoms with E-state index < -0.39 is 0 Å². The van der Waals surface area contributed by atoms with Gasteiger partial charge in [0.2, 0.25) is 5.96 Å². The zero-order chi connectivity index (χ0) is 23.6. The minimum Gasteiger partial charge on any atom is -0.335 e. The number of nitrogens with one attached hydrogen (secondary N) is 1. The summed E-state index contributed by atoms with van der Waals surface area (Å²) in [5.41, 5.74) is 4.82. The smallest absolute Gasteiger partial charge is 0.213 e. The van der Waals surface area contributed by atoms with E-state index in [0.717, 1.165) is 11.3 Å². The first-order valence-corrected chi connectivity index (χ1v) is 11.1. The molecule has 7 nitrogen and oxygen atoms in total. The number of hydrogen-bond donors (Lipinski definition) is 1. The van der Waals surface area contributed by atoms with Crippen LogP contribution >= 0.6 is 23.2 Å². The van der Waals surface area contributed by atoms with Crippen LogP contribution in [0, 0.1) is 18.4 Å². The summed E-state index contributed by atoms with van der Waals surface area (Å²) in [4.78, 5) is 15.5. The monoisotopic (exact) mass is 471 g/mol. The minimum absolute atomic E-state index is 0.0394. The van der Waals surface area contributed by atoms with E-state index in [2.05, 4.69) is 52.9 Å². The van der Waals surface area contributed by atoms with Gasteiger partial charge in [-0.1, -0.05) is 37.0 Å². The lowest BCUT2D eigenvalue weighted by Crippen LogP contribution is -2.43. The maximum Gasteiger partial charge on any atom is 0.213 e. The number of rotatable bonds is 5. The highest BCUT2D eigenvalue weighted by Crippen LogP contribution is 2.30. The molecule has 0 saturated heterocycles. The molecule has 0 amide bonds. The summed E-state index contributed by atoms with van der Waals surface area (Å²) in [5.74, 6) is 0.733. The van der Waals surface area contributed by atoms with Gasteiger partial charge in [-0.25, -0.2) is 15.0 Å². The number of nitrogens with zero attached hydrogens (tertiary/aromatic N) is 6. The van der Waals surface area contributed by atoms with E-state index in [1.807, 2.05) is 32.0 Å². The van der Waals surface area contributed by atoms with Crippen molar-refractivity contribution in [3.05, 3.63) is 51.5 Å². The second-order valence-corrected chi connectivity index (χ2v) is 9.12. The third kappa shape index (κ3) is 5.14. The van der Waals surface area contributed by atoms with Crippen LogP contribution in [-0.4, -0.2) is 31.4 Å². The lowest BCUT2D eigenvalue weighted by atomic mass is 9.98. The average molecular weight is 472 g/mol. The molecule has 0 spiro atoms. The summed E-state index contributed by atoms with van der Waals surface area (Å²) >= 11 is 12.1. The lowest BCUT2D eigenvalue weighted by Gasteiger charge is -2.29. The summed E-state index contributed by atoms with van der Waals surface area (Å²) < 4.78 is 2.06. The third-order valence-electron chi connectivity index (χ3n) is 5.20. The van der Waals surface area contributed by atoms with Crippen LogP contribution in [0.4, 0.5) is 5.69 Å². The molecule has 0 radical (unpaired) electrons. The fourth-order valence-electron chi connectivity index (χ4n) is 3.75. The van der Waals surface area contributed by atoms with Crippen LogP contribution in [0.15, 0.2) is 29.4 Å². The van der Waals surface area contributed by atoms with Crippen molar-refractivity contribution in [1.29, 1.82) is 5.26 Å². The van der Waals surface area contributed by atoms with Crippen LogP contribution < -0.4 is 5.32 Å². The molecule has 3 rings (SSSR count). The average Bonchev–Trinajstić information content (AvgIpc) is 2.98. The SMILES string of the molecule is Cc1cn(C)c2nc(CN(C(=Nc3cc(Cl)nc(Cl)c3)NC#N)C(C)C)cc(C(C)C)c12. The van der Waals surface area contributed by atoms with Crippen molar-refractivity contribution in [3.63, 3.8) is 0 Å². The molecule has 0 aliphatic heterocycles. The molecule has 0 fully saturated rings. The van der Waals surface area contributed by atoms with E-state index >= 15 is 0 Å². The topological polar surface area (TPSA) is 82.1 Å². The first kappa shape index (κ1) is 23.8. The molecule has 32 heavy (non-hydrogen) atoms. The van der Waals surface area contributed by atoms with Gasteiger partial charge >= 0.3 is 0 Å². The van der Waals surface area contributed by atoms with Gasteiger partial charge < -0.3 is 9.47 Å². The van der Waals surface area contributed by atoms with Crippen LogP contribution in [0.25, 0.3) is 11.0 Å². The van der Waals surface area contributed by atoms with E-state index in [1.54, 1.807) is 12.1 Å². The maximum absolute atomic E-state index is 9.37. The Balaban J connectivity index is 2.08. The first-order valence-electron chi connectivity index (χ1n) is 10.4. The molecule has 0 aromatic carbocycles. The van der Waals surface area contributed by atoms with E-state index in [-0.39, 0.29) is 16.3 Å². The van der Waals surface area contributed by atoms with Gasteiger partial charge in [0.15, 0.2) is 6.19 Å². The molecular formula is C23H27Cl2N7. The van der Waals surface area contributed by atoms with E-state index in [9.17, 15) is 5.26 Å². The minimum atomic E-state index is 0.0394. The van der Waals surface area contributed by atoms with Crippen molar-refractivity contribution in [2.75, 3.05) is 0 Å². The molecule has 1 N–H and O–H groups in total. The maximum atomic E-state index is 9.37. The quantitative estimate of drug-likeness (QED) is 0.170. The van der Waals surface area contributed by atoms with Crippen LogP contribution in [0.5, 0.6) is 0 Å². The second-order valence-electron chi connectivity index (χ2n) is 8.34. The first-order chi connectivity index (χ1) is 15.1. The predicted molar refractivity (Wildman–Crippen MR) is 130 cm³/mol. The Kier molecular flexibility index (Phi) is 7.27. The molecule has 0 bridgehead atoms. The van der Waals surface area contributed by atoms with Crippen molar-refractivity contribution >= 4 is 45.9 Å². The van der Waals surface area contributed by atoms with Gasteiger partial charge in [-0.05, 0) is 43.9 Å².